The molecule has 0 bridgehead atoms. The lowest BCUT2D eigenvalue weighted by Crippen LogP contribution is -2.42. The van der Waals surface area contributed by atoms with Gasteiger partial charge in [0.05, 0.1) is 0 Å². The number of rotatable bonds is 7. The van der Waals surface area contributed by atoms with Crippen LogP contribution >= 0.6 is 0 Å². The Morgan fingerprint density at radius 2 is 1.94 bits per heavy atom. The van der Waals surface area contributed by atoms with Crippen LogP contribution in [-0.4, -0.2) is 44.6 Å². The third kappa shape index (κ3) is 4.54. The summed E-state index contributed by atoms with van der Waals surface area (Å²) in [4.78, 5) is 0. The highest BCUT2D eigenvalue weighted by molar-refractivity contribution is 7.87. The maximum Gasteiger partial charge on any atom is 0.279 e. The van der Waals surface area contributed by atoms with Gasteiger partial charge in [0.15, 0.2) is 0 Å². The predicted molar refractivity (Wildman–Crippen MR) is 67.8 cm³/mol. The van der Waals surface area contributed by atoms with Crippen LogP contribution in [0.25, 0.3) is 0 Å². The molecule has 0 aromatic carbocycles. The van der Waals surface area contributed by atoms with Gasteiger partial charge in [-0.15, -0.1) is 0 Å². The summed E-state index contributed by atoms with van der Waals surface area (Å²) in [5.41, 5.74) is 0.116. The largest absolute Gasteiger partial charge is 0.396 e. The molecule has 0 heterocycles. The van der Waals surface area contributed by atoms with Crippen molar-refractivity contribution < 1.29 is 13.5 Å². The Morgan fingerprint density at radius 1 is 1.35 bits per heavy atom. The smallest absolute Gasteiger partial charge is 0.279 e. The maximum atomic E-state index is 11.9. The van der Waals surface area contributed by atoms with Crippen LogP contribution in [0.15, 0.2) is 0 Å². The third-order valence-electron chi connectivity index (χ3n) is 3.53. The van der Waals surface area contributed by atoms with Crippen molar-refractivity contribution in [3.8, 4) is 0 Å². The zero-order chi connectivity index (χ0) is 12.9. The van der Waals surface area contributed by atoms with E-state index in [-0.39, 0.29) is 12.0 Å². The lowest BCUT2D eigenvalue weighted by molar-refractivity contribution is 0.274. The van der Waals surface area contributed by atoms with Gasteiger partial charge in [-0.1, -0.05) is 19.8 Å². The Balaban J connectivity index is 2.43. The zero-order valence-electron chi connectivity index (χ0n) is 10.8. The zero-order valence-corrected chi connectivity index (χ0v) is 11.6. The third-order valence-corrected chi connectivity index (χ3v) is 5.05. The van der Waals surface area contributed by atoms with Crippen molar-refractivity contribution in [3.63, 3.8) is 0 Å². The summed E-state index contributed by atoms with van der Waals surface area (Å²) < 4.78 is 27.7. The van der Waals surface area contributed by atoms with Crippen molar-refractivity contribution in [2.75, 3.05) is 26.7 Å². The van der Waals surface area contributed by atoms with Crippen LogP contribution in [0.5, 0.6) is 0 Å². The summed E-state index contributed by atoms with van der Waals surface area (Å²) in [7, 11) is -1.85. The summed E-state index contributed by atoms with van der Waals surface area (Å²) in [6.45, 7) is 3.01. The first-order valence-electron chi connectivity index (χ1n) is 6.21. The fourth-order valence-corrected chi connectivity index (χ4v) is 3.32. The Morgan fingerprint density at radius 3 is 2.47 bits per heavy atom. The van der Waals surface area contributed by atoms with Crippen molar-refractivity contribution in [3.05, 3.63) is 0 Å². The molecule has 1 rings (SSSR count). The molecule has 0 saturated heterocycles. The minimum absolute atomic E-state index is 0.0115. The van der Waals surface area contributed by atoms with E-state index in [0.29, 0.717) is 19.5 Å². The number of aliphatic hydroxyl groups excluding tert-OH is 1. The van der Waals surface area contributed by atoms with Gasteiger partial charge >= 0.3 is 0 Å². The van der Waals surface area contributed by atoms with Crippen molar-refractivity contribution >= 4 is 10.2 Å². The quantitative estimate of drug-likeness (QED) is 0.711. The van der Waals surface area contributed by atoms with E-state index in [4.69, 9.17) is 5.11 Å². The molecule has 2 N–H and O–H groups in total. The molecule has 102 valence electrons. The van der Waals surface area contributed by atoms with Crippen LogP contribution < -0.4 is 4.72 Å². The normalized spacial score (nSPS) is 20.0. The lowest BCUT2D eigenvalue weighted by atomic mass is 9.89. The molecule has 0 aromatic rings. The van der Waals surface area contributed by atoms with Crippen LogP contribution in [0, 0.1) is 5.41 Å². The van der Waals surface area contributed by atoms with Gasteiger partial charge in [0.25, 0.3) is 10.2 Å². The molecule has 1 saturated carbocycles. The van der Waals surface area contributed by atoms with E-state index in [1.807, 2.05) is 0 Å². The first-order chi connectivity index (χ1) is 7.90. The molecule has 0 aliphatic heterocycles. The minimum Gasteiger partial charge on any atom is -0.396 e. The molecule has 0 unspecified atom stereocenters. The second-order valence-electron chi connectivity index (χ2n) is 5.24. The molecule has 0 spiro atoms. The highest BCUT2D eigenvalue weighted by atomic mass is 32.2. The topological polar surface area (TPSA) is 69.6 Å². The van der Waals surface area contributed by atoms with Gasteiger partial charge in [-0.3, -0.25) is 0 Å². The van der Waals surface area contributed by atoms with E-state index in [1.54, 1.807) is 0 Å². The summed E-state index contributed by atoms with van der Waals surface area (Å²) in [6.07, 6.45) is 5.04. The second-order valence-corrected chi connectivity index (χ2v) is 7.10. The van der Waals surface area contributed by atoms with E-state index in [2.05, 4.69) is 11.6 Å². The Bertz CT molecular complexity index is 324. The van der Waals surface area contributed by atoms with Crippen LogP contribution in [0.3, 0.4) is 0 Å². The Labute approximate surface area is 104 Å². The molecule has 5 nitrogen and oxygen atoms in total. The number of aliphatic hydroxyl groups is 1. The second kappa shape index (κ2) is 6.13. The number of nitrogens with zero attached hydrogens (tertiary/aromatic N) is 1. The van der Waals surface area contributed by atoms with Crippen molar-refractivity contribution in [2.24, 2.45) is 5.41 Å². The number of hydrogen-bond acceptors (Lipinski definition) is 3. The van der Waals surface area contributed by atoms with Gasteiger partial charge in [0, 0.05) is 26.7 Å². The average molecular weight is 264 g/mol. The molecule has 1 aliphatic carbocycles. The molecule has 6 heteroatoms. The van der Waals surface area contributed by atoms with E-state index in [9.17, 15) is 8.42 Å². The predicted octanol–water partition coefficient (Wildman–Crippen LogP) is 0.715. The van der Waals surface area contributed by atoms with Crippen LogP contribution in [-0.2, 0) is 10.2 Å². The minimum atomic E-state index is -3.39. The molecule has 0 aromatic heterocycles. The molecule has 0 atom stereocenters. The SMILES string of the molecule is CN(CCCO)S(=O)(=O)NCC1(C)CCCC1. The van der Waals surface area contributed by atoms with Crippen molar-refractivity contribution in [2.45, 2.75) is 39.0 Å². The fourth-order valence-electron chi connectivity index (χ4n) is 2.19. The van der Waals surface area contributed by atoms with Gasteiger partial charge in [0.1, 0.15) is 0 Å². The standard InChI is InChI=1S/C11H24N2O3S/c1-11(6-3-4-7-11)10-12-17(15,16)13(2)8-5-9-14/h12,14H,3-10H2,1-2H3. The van der Waals surface area contributed by atoms with Gasteiger partial charge < -0.3 is 5.11 Å². The van der Waals surface area contributed by atoms with Crippen molar-refractivity contribution in [1.29, 1.82) is 0 Å². The summed E-state index contributed by atoms with van der Waals surface area (Å²) in [5, 5.41) is 8.68. The lowest BCUT2D eigenvalue weighted by Gasteiger charge is -2.25. The monoisotopic (exact) mass is 264 g/mol. The Kier molecular flexibility index (Phi) is 5.37. The van der Waals surface area contributed by atoms with Gasteiger partial charge in [0.2, 0.25) is 0 Å². The first kappa shape index (κ1) is 14.9. The van der Waals surface area contributed by atoms with Crippen LogP contribution in [0.1, 0.15) is 39.0 Å². The first-order valence-corrected chi connectivity index (χ1v) is 7.65. The van der Waals surface area contributed by atoms with Gasteiger partial charge in [-0.05, 0) is 24.7 Å². The summed E-state index contributed by atoms with van der Waals surface area (Å²) in [6, 6.07) is 0. The van der Waals surface area contributed by atoms with Crippen LogP contribution in [0.2, 0.25) is 0 Å². The van der Waals surface area contributed by atoms with Gasteiger partial charge in [-0.2, -0.15) is 12.7 Å². The summed E-state index contributed by atoms with van der Waals surface area (Å²) >= 11 is 0. The van der Waals surface area contributed by atoms with E-state index < -0.39 is 10.2 Å². The summed E-state index contributed by atoms with van der Waals surface area (Å²) in [5.74, 6) is 0. The van der Waals surface area contributed by atoms with E-state index in [1.165, 1.54) is 24.2 Å². The maximum absolute atomic E-state index is 11.9. The molecule has 17 heavy (non-hydrogen) atoms. The molecule has 0 amide bonds. The van der Waals surface area contributed by atoms with Crippen molar-refractivity contribution in [1.82, 2.24) is 9.03 Å². The molecular formula is C11H24N2O3S. The van der Waals surface area contributed by atoms with Crippen LogP contribution in [0.4, 0.5) is 0 Å². The molecule has 1 aliphatic rings. The van der Waals surface area contributed by atoms with E-state index >= 15 is 0 Å². The number of hydrogen-bond donors (Lipinski definition) is 2. The fraction of sp³-hybridized carbons (Fsp3) is 1.00. The van der Waals surface area contributed by atoms with E-state index in [0.717, 1.165) is 12.8 Å². The molecule has 1 fully saturated rings. The highest BCUT2D eigenvalue weighted by Gasteiger charge is 2.30. The number of nitrogens with one attached hydrogen (secondary N) is 1. The highest BCUT2D eigenvalue weighted by Crippen LogP contribution is 2.36. The molecular weight excluding hydrogens is 240 g/mol. The van der Waals surface area contributed by atoms with Gasteiger partial charge in [-0.25, -0.2) is 4.72 Å². The Hall–Kier alpha value is -0.170. The molecule has 0 radical (unpaired) electrons. The average Bonchev–Trinajstić information content (AvgIpc) is 2.71.